The largest absolute Gasteiger partial charge is 0.467 e. The van der Waals surface area contributed by atoms with Crippen molar-refractivity contribution in [3.63, 3.8) is 0 Å². The number of nitrogens with one attached hydrogen (secondary N) is 1. The molecule has 0 atom stereocenters. The quantitative estimate of drug-likeness (QED) is 0.658. The van der Waals surface area contributed by atoms with Crippen LogP contribution in [0, 0.1) is 0 Å². The van der Waals surface area contributed by atoms with Crippen LogP contribution in [0.15, 0.2) is 83.1 Å². The highest BCUT2D eigenvalue weighted by Gasteiger charge is 2.39. The van der Waals surface area contributed by atoms with Crippen molar-refractivity contribution < 1.29 is 14.0 Å². The SMILES string of the molecule is CCc1ccc(NC2=C(c3ccccc3)C(=O)N(Cc3ccco3)C2=O)cc1. The molecule has 5 nitrogen and oxygen atoms in total. The normalized spacial score (nSPS) is 14.1. The van der Waals surface area contributed by atoms with E-state index in [1.807, 2.05) is 54.6 Å². The van der Waals surface area contributed by atoms with Crippen LogP contribution in [0.1, 0.15) is 23.8 Å². The van der Waals surface area contributed by atoms with Gasteiger partial charge in [-0.1, -0.05) is 49.4 Å². The van der Waals surface area contributed by atoms with Crippen LogP contribution in [0.2, 0.25) is 0 Å². The van der Waals surface area contributed by atoms with Crippen LogP contribution in [-0.4, -0.2) is 16.7 Å². The molecule has 2 amide bonds. The van der Waals surface area contributed by atoms with Crippen molar-refractivity contribution in [2.75, 3.05) is 5.32 Å². The maximum Gasteiger partial charge on any atom is 0.278 e. The van der Waals surface area contributed by atoms with Gasteiger partial charge in [0, 0.05) is 5.69 Å². The fraction of sp³-hybridized carbons (Fsp3) is 0.130. The predicted octanol–water partition coefficient (Wildman–Crippen LogP) is 4.23. The Morgan fingerprint density at radius 1 is 0.893 bits per heavy atom. The van der Waals surface area contributed by atoms with Gasteiger partial charge in [0.15, 0.2) is 0 Å². The second kappa shape index (κ2) is 7.56. The zero-order valence-corrected chi connectivity index (χ0v) is 15.5. The van der Waals surface area contributed by atoms with Crippen molar-refractivity contribution in [3.05, 3.63) is 95.6 Å². The molecule has 4 rings (SSSR count). The molecule has 0 unspecified atom stereocenters. The number of hydrogen-bond acceptors (Lipinski definition) is 4. The fourth-order valence-corrected chi connectivity index (χ4v) is 3.23. The first kappa shape index (κ1) is 17.8. The third kappa shape index (κ3) is 3.34. The van der Waals surface area contributed by atoms with Gasteiger partial charge in [0.1, 0.15) is 11.5 Å². The van der Waals surface area contributed by atoms with E-state index in [1.165, 1.54) is 16.7 Å². The Balaban J connectivity index is 1.71. The molecule has 1 aliphatic rings. The summed E-state index contributed by atoms with van der Waals surface area (Å²) in [5.74, 6) is -0.136. The number of furan rings is 1. The lowest BCUT2D eigenvalue weighted by atomic mass is 10.0. The van der Waals surface area contributed by atoms with Crippen molar-refractivity contribution in [2.45, 2.75) is 19.9 Å². The number of carbonyl (C=O) groups excluding carboxylic acids is 2. The summed E-state index contributed by atoms with van der Waals surface area (Å²) in [6.07, 6.45) is 2.47. The minimum atomic E-state index is -0.361. The van der Waals surface area contributed by atoms with Crippen LogP contribution in [0.5, 0.6) is 0 Å². The van der Waals surface area contributed by atoms with Crippen molar-refractivity contribution in [2.24, 2.45) is 0 Å². The number of benzene rings is 2. The molecule has 0 saturated heterocycles. The van der Waals surface area contributed by atoms with Crippen LogP contribution >= 0.6 is 0 Å². The summed E-state index contributed by atoms with van der Waals surface area (Å²) in [5.41, 5.74) is 3.33. The highest BCUT2D eigenvalue weighted by Crippen LogP contribution is 2.31. The third-order valence-electron chi connectivity index (χ3n) is 4.76. The molecule has 1 aromatic heterocycles. The van der Waals surface area contributed by atoms with Gasteiger partial charge in [0.05, 0.1) is 18.4 Å². The summed E-state index contributed by atoms with van der Waals surface area (Å²) in [6, 6.07) is 20.6. The molecule has 0 fully saturated rings. The van der Waals surface area contributed by atoms with E-state index in [2.05, 4.69) is 12.2 Å². The Bertz CT molecular complexity index is 1020. The van der Waals surface area contributed by atoms with Gasteiger partial charge in [-0.25, -0.2) is 0 Å². The average Bonchev–Trinajstić information content (AvgIpc) is 3.32. The van der Waals surface area contributed by atoms with Gasteiger partial charge in [-0.3, -0.25) is 14.5 Å². The summed E-state index contributed by atoms with van der Waals surface area (Å²) in [5, 5.41) is 3.17. The summed E-state index contributed by atoms with van der Waals surface area (Å²) >= 11 is 0. The van der Waals surface area contributed by atoms with Gasteiger partial charge in [-0.15, -0.1) is 0 Å². The monoisotopic (exact) mass is 372 g/mol. The van der Waals surface area contributed by atoms with Gasteiger partial charge in [0.2, 0.25) is 0 Å². The van der Waals surface area contributed by atoms with Crippen LogP contribution < -0.4 is 5.32 Å². The molecule has 28 heavy (non-hydrogen) atoms. The van der Waals surface area contributed by atoms with Gasteiger partial charge in [-0.05, 0) is 41.8 Å². The lowest BCUT2D eigenvalue weighted by Gasteiger charge is -2.13. The number of aryl methyl sites for hydroxylation is 1. The number of hydrogen-bond donors (Lipinski definition) is 1. The second-order valence-electron chi connectivity index (χ2n) is 6.57. The molecule has 0 radical (unpaired) electrons. The number of amides is 2. The molecule has 5 heteroatoms. The Labute approximate surface area is 163 Å². The first-order valence-corrected chi connectivity index (χ1v) is 9.21. The first-order valence-electron chi connectivity index (χ1n) is 9.21. The third-order valence-corrected chi connectivity index (χ3v) is 4.76. The molecule has 0 bridgehead atoms. The van der Waals surface area contributed by atoms with Crippen molar-refractivity contribution in [1.82, 2.24) is 4.90 Å². The van der Waals surface area contributed by atoms with E-state index in [0.717, 1.165) is 12.1 Å². The number of rotatable bonds is 6. The van der Waals surface area contributed by atoms with E-state index in [0.29, 0.717) is 16.9 Å². The molecule has 1 N–H and O–H groups in total. The minimum Gasteiger partial charge on any atom is -0.467 e. The molecule has 2 heterocycles. The lowest BCUT2D eigenvalue weighted by molar-refractivity contribution is -0.137. The summed E-state index contributed by atoms with van der Waals surface area (Å²) < 4.78 is 5.33. The zero-order valence-electron chi connectivity index (χ0n) is 15.5. The summed E-state index contributed by atoms with van der Waals surface area (Å²) in [4.78, 5) is 27.4. The molecule has 0 aliphatic carbocycles. The van der Waals surface area contributed by atoms with E-state index in [1.54, 1.807) is 12.1 Å². The van der Waals surface area contributed by atoms with Gasteiger partial charge < -0.3 is 9.73 Å². The summed E-state index contributed by atoms with van der Waals surface area (Å²) in [6.45, 7) is 2.19. The number of imide groups is 1. The molecular weight excluding hydrogens is 352 g/mol. The van der Waals surface area contributed by atoms with Crippen LogP contribution in [0.4, 0.5) is 5.69 Å². The Morgan fingerprint density at radius 2 is 1.64 bits per heavy atom. The van der Waals surface area contributed by atoms with Crippen LogP contribution in [0.25, 0.3) is 5.57 Å². The topological polar surface area (TPSA) is 62.6 Å². The smallest absolute Gasteiger partial charge is 0.278 e. The van der Waals surface area contributed by atoms with E-state index < -0.39 is 0 Å². The Morgan fingerprint density at radius 3 is 2.29 bits per heavy atom. The fourth-order valence-electron chi connectivity index (χ4n) is 3.23. The highest BCUT2D eigenvalue weighted by molar-refractivity contribution is 6.36. The van der Waals surface area contributed by atoms with Crippen molar-refractivity contribution in [3.8, 4) is 0 Å². The second-order valence-corrected chi connectivity index (χ2v) is 6.57. The van der Waals surface area contributed by atoms with Gasteiger partial charge in [0.25, 0.3) is 11.8 Å². The molecule has 3 aromatic rings. The van der Waals surface area contributed by atoms with E-state index >= 15 is 0 Å². The van der Waals surface area contributed by atoms with E-state index in [-0.39, 0.29) is 24.1 Å². The molecule has 140 valence electrons. The molecule has 0 spiro atoms. The maximum atomic E-state index is 13.1. The van der Waals surface area contributed by atoms with Crippen LogP contribution in [0.3, 0.4) is 0 Å². The van der Waals surface area contributed by atoms with Crippen LogP contribution in [-0.2, 0) is 22.6 Å². The van der Waals surface area contributed by atoms with Gasteiger partial charge >= 0.3 is 0 Å². The van der Waals surface area contributed by atoms with Crippen molar-refractivity contribution in [1.29, 1.82) is 0 Å². The number of carbonyl (C=O) groups is 2. The van der Waals surface area contributed by atoms with E-state index in [9.17, 15) is 9.59 Å². The zero-order chi connectivity index (χ0) is 19.5. The lowest BCUT2D eigenvalue weighted by Crippen LogP contribution is -2.31. The van der Waals surface area contributed by atoms with Gasteiger partial charge in [-0.2, -0.15) is 0 Å². The molecule has 2 aromatic carbocycles. The minimum absolute atomic E-state index is 0.0982. The first-order chi connectivity index (χ1) is 13.7. The molecular formula is C23H20N2O3. The standard InChI is InChI=1S/C23H20N2O3/c1-2-16-10-12-18(13-11-16)24-21-20(17-7-4-3-5-8-17)22(26)25(23(21)27)15-19-9-6-14-28-19/h3-14,24H,2,15H2,1H3. The van der Waals surface area contributed by atoms with Crippen molar-refractivity contribution >= 4 is 23.1 Å². The number of anilines is 1. The summed E-state index contributed by atoms with van der Waals surface area (Å²) in [7, 11) is 0. The molecule has 1 aliphatic heterocycles. The molecule has 0 saturated carbocycles. The highest BCUT2D eigenvalue weighted by atomic mass is 16.3. The number of nitrogens with zero attached hydrogens (tertiary/aromatic N) is 1. The predicted molar refractivity (Wildman–Crippen MR) is 107 cm³/mol. The Kier molecular flexibility index (Phi) is 4.81. The maximum absolute atomic E-state index is 13.1. The average molecular weight is 372 g/mol. The van der Waals surface area contributed by atoms with E-state index in [4.69, 9.17) is 4.42 Å². The Hall–Kier alpha value is -3.60.